The number of nitrogens with two attached hydrogens (primary N) is 3. The number of phenols is 1. The van der Waals surface area contributed by atoms with E-state index in [4.69, 9.17) is 17.2 Å². The van der Waals surface area contributed by atoms with Crippen molar-refractivity contribution in [1.82, 2.24) is 63.5 Å². The molecule has 0 bridgehead atoms. The number of phenolic OH excluding ortho intramolecular Hbond substituents is 1. The standard InChI is InChI=1S/C68H101N15O14/c1-36(2)28-51(63(92)75-39(7)59(88)73-35-56(86)74-40(8)60(89)78-50(58(71)87)33-45-34-72-48-21-15-14-20-47(45)48)80-62(91)49(22-16-17-27-69)77-64(93)52(29-37(3)4)81-65(94)53(30-38(5)6)82-67(96)55(31-43-18-12-11-13-19-43)83-66(95)54(32-44-23-25-46(85)26-24-44)79-61(90)41(9)76-68(97)57(70)42(10)84/h11-15,18-21,23-26,34,36-42,49-55,57,72,84-85H,16-17,22,27-33,35,69-70H2,1-10H3,(H2,71,87)(H,73,88)(H,74,86)(H,75,92)(H,76,97)(H,77,93)(H,78,89)(H,79,90)(H,80,91)(H,81,94)(H,82,96)(H,83,95)/t39-,40-,41-,42+,49-,50-,51-,52-,53-,54-,55-,57-/m0/s1. The molecule has 29 nitrogen and oxygen atoms in total. The van der Waals surface area contributed by atoms with Crippen LogP contribution in [0.1, 0.15) is 124 Å². The molecule has 3 aromatic carbocycles. The van der Waals surface area contributed by atoms with Gasteiger partial charge in [0, 0.05) is 36.4 Å². The highest BCUT2D eigenvalue weighted by atomic mass is 16.3. The third-order valence-corrected chi connectivity index (χ3v) is 15.8. The van der Waals surface area contributed by atoms with Crippen molar-refractivity contribution in [3.8, 4) is 5.75 Å². The first-order valence-electron chi connectivity index (χ1n) is 32.9. The maximum atomic E-state index is 14.7. The number of hydrogen-bond donors (Lipinski definition) is 17. The highest BCUT2D eigenvalue weighted by Gasteiger charge is 2.36. The first-order chi connectivity index (χ1) is 45.8. The first kappa shape index (κ1) is 80.0. The van der Waals surface area contributed by atoms with E-state index >= 15 is 0 Å². The predicted octanol–water partition coefficient (Wildman–Crippen LogP) is -0.614. The van der Waals surface area contributed by atoms with Crippen LogP contribution in [0.4, 0.5) is 0 Å². The summed E-state index contributed by atoms with van der Waals surface area (Å²) in [5, 5.41) is 49.6. The topological polar surface area (TPSA) is 471 Å². The molecule has 4 aromatic rings. The fourth-order valence-corrected chi connectivity index (χ4v) is 10.4. The van der Waals surface area contributed by atoms with Gasteiger partial charge in [0.15, 0.2) is 0 Å². The van der Waals surface area contributed by atoms with Crippen LogP contribution in [-0.4, -0.2) is 172 Å². The summed E-state index contributed by atoms with van der Waals surface area (Å²) in [4.78, 5) is 168. The number of para-hydroxylation sites is 1. The summed E-state index contributed by atoms with van der Waals surface area (Å²) in [6.45, 7) is 15.9. The molecule has 0 fully saturated rings. The van der Waals surface area contributed by atoms with Gasteiger partial charge in [-0.1, -0.05) is 102 Å². The number of benzene rings is 3. The molecule has 1 aromatic heterocycles. The van der Waals surface area contributed by atoms with Crippen molar-refractivity contribution in [2.24, 2.45) is 35.0 Å². The molecular weight excluding hydrogens is 1250 g/mol. The Kier molecular flexibility index (Phi) is 32.6. The van der Waals surface area contributed by atoms with Gasteiger partial charge in [0.05, 0.1) is 12.6 Å². The number of aliphatic hydroxyl groups is 1. The van der Waals surface area contributed by atoms with Gasteiger partial charge in [-0.05, 0) is 125 Å². The molecule has 0 aliphatic carbocycles. The molecule has 0 saturated heterocycles. The quantitative estimate of drug-likeness (QED) is 0.0247. The van der Waals surface area contributed by atoms with E-state index in [0.29, 0.717) is 24.0 Å². The van der Waals surface area contributed by atoms with Crippen molar-refractivity contribution >= 4 is 81.8 Å². The Balaban J connectivity index is 1.48. The van der Waals surface area contributed by atoms with Crippen LogP contribution >= 0.6 is 0 Å². The summed E-state index contributed by atoms with van der Waals surface area (Å²) < 4.78 is 0. The van der Waals surface area contributed by atoms with E-state index in [1.807, 2.05) is 52.0 Å². The average molecular weight is 1350 g/mol. The number of nitrogens with one attached hydrogen (secondary N) is 12. The Bertz CT molecular complexity index is 3310. The van der Waals surface area contributed by atoms with E-state index in [1.54, 1.807) is 50.4 Å². The smallest absolute Gasteiger partial charge is 0.243 e. The van der Waals surface area contributed by atoms with Crippen molar-refractivity contribution in [2.75, 3.05) is 13.1 Å². The van der Waals surface area contributed by atoms with E-state index in [-0.39, 0.29) is 75.0 Å². The number of hydrogen-bond acceptors (Lipinski definition) is 16. The van der Waals surface area contributed by atoms with Gasteiger partial charge in [-0.25, -0.2) is 0 Å². The van der Waals surface area contributed by atoms with E-state index in [1.165, 1.54) is 52.0 Å². The molecular formula is C68H101N15O14. The zero-order valence-electron chi connectivity index (χ0n) is 57.0. The SMILES string of the molecule is CC(C)C[C@H](NC(=O)[C@H](CCCCN)NC(=O)[C@H](CC(C)C)NC(=O)[C@H](CC(C)C)NC(=O)[C@H](Cc1ccccc1)NC(=O)[C@H](Cc1ccc(O)cc1)NC(=O)[C@H](C)NC(=O)[C@@H](N)[C@@H](C)O)C(=O)N[C@@H](C)C(=O)NCC(=O)N[C@@H](C)C(=O)N[C@@H](Cc1c[nH]c2ccccc12)C(N)=O. The molecule has 20 N–H and O–H groups in total. The number of aromatic amines is 1. The van der Waals surface area contributed by atoms with Gasteiger partial charge in [0.1, 0.15) is 72.2 Å². The molecule has 1 heterocycles. The van der Waals surface area contributed by atoms with Crippen LogP contribution < -0.4 is 75.7 Å². The van der Waals surface area contributed by atoms with Crippen molar-refractivity contribution in [3.05, 3.63) is 102 Å². The normalized spacial score (nSPS) is 15.1. The zero-order chi connectivity index (χ0) is 72.2. The van der Waals surface area contributed by atoms with Crippen LogP contribution in [0.2, 0.25) is 0 Å². The summed E-state index contributed by atoms with van der Waals surface area (Å²) in [6.07, 6.45) is 1.37. The highest BCUT2D eigenvalue weighted by Crippen LogP contribution is 2.20. The molecule has 0 saturated carbocycles. The molecule has 0 radical (unpaired) electrons. The van der Waals surface area contributed by atoms with Gasteiger partial charge in [-0.3, -0.25) is 57.5 Å². The second-order valence-electron chi connectivity index (χ2n) is 25.9. The highest BCUT2D eigenvalue weighted by molar-refractivity contribution is 5.99. The third-order valence-electron chi connectivity index (χ3n) is 15.8. The molecule has 0 unspecified atom stereocenters. The maximum Gasteiger partial charge on any atom is 0.243 e. The molecule has 4 rings (SSSR count). The van der Waals surface area contributed by atoms with Crippen LogP contribution in [0.15, 0.2) is 85.1 Å². The van der Waals surface area contributed by atoms with Crippen LogP contribution in [0.5, 0.6) is 5.75 Å². The second-order valence-corrected chi connectivity index (χ2v) is 25.9. The fourth-order valence-electron chi connectivity index (χ4n) is 10.4. The van der Waals surface area contributed by atoms with Crippen molar-refractivity contribution in [3.63, 3.8) is 0 Å². The van der Waals surface area contributed by atoms with Gasteiger partial charge >= 0.3 is 0 Å². The fraction of sp³-hybridized carbons (Fsp3) is 0.529. The number of H-pyrrole nitrogens is 1. The van der Waals surface area contributed by atoms with Gasteiger partial charge < -0.3 is 90.9 Å². The van der Waals surface area contributed by atoms with E-state index in [2.05, 4.69) is 63.5 Å². The lowest BCUT2D eigenvalue weighted by molar-refractivity contribution is -0.136. The molecule has 12 atom stereocenters. The molecule has 97 heavy (non-hydrogen) atoms. The number of aromatic hydroxyl groups is 1. The number of aliphatic hydroxyl groups excluding tert-OH is 1. The Hall–Kier alpha value is -9.48. The van der Waals surface area contributed by atoms with Crippen LogP contribution in [0.25, 0.3) is 10.9 Å². The first-order valence-corrected chi connectivity index (χ1v) is 32.9. The summed E-state index contributed by atoms with van der Waals surface area (Å²) in [5.41, 5.74) is 19.9. The van der Waals surface area contributed by atoms with Gasteiger partial charge in [0.2, 0.25) is 70.9 Å². The minimum atomic E-state index is -1.38. The Morgan fingerprint density at radius 1 is 0.443 bits per heavy atom. The molecule has 0 aliphatic heterocycles. The number of unbranched alkanes of at least 4 members (excludes halogenated alkanes) is 1. The Labute approximate surface area is 566 Å². The monoisotopic (exact) mass is 1350 g/mol. The summed E-state index contributed by atoms with van der Waals surface area (Å²) >= 11 is 0. The lowest BCUT2D eigenvalue weighted by atomic mass is 9.98. The number of carbonyl (C=O) groups excluding carboxylic acids is 12. The van der Waals surface area contributed by atoms with Gasteiger partial charge in [-0.2, -0.15) is 0 Å². The maximum absolute atomic E-state index is 14.7. The van der Waals surface area contributed by atoms with Gasteiger partial charge in [-0.15, -0.1) is 0 Å². The van der Waals surface area contributed by atoms with Gasteiger partial charge in [0.25, 0.3) is 0 Å². The summed E-state index contributed by atoms with van der Waals surface area (Å²) in [5.74, 6) is -10.0. The lowest BCUT2D eigenvalue weighted by Crippen LogP contribution is -2.61. The third kappa shape index (κ3) is 27.3. The van der Waals surface area contributed by atoms with E-state index in [9.17, 15) is 67.7 Å². The number of fused-ring (bicyclic) bond motifs is 1. The minimum Gasteiger partial charge on any atom is -0.508 e. The van der Waals surface area contributed by atoms with E-state index in [0.717, 1.165) is 16.5 Å². The average Bonchev–Trinajstić information content (AvgIpc) is 1.79. The second kappa shape index (κ2) is 39.5. The van der Waals surface area contributed by atoms with Crippen molar-refractivity contribution in [2.45, 2.75) is 200 Å². The van der Waals surface area contributed by atoms with Crippen LogP contribution in [-0.2, 0) is 76.8 Å². The molecule has 29 heteroatoms. The van der Waals surface area contributed by atoms with Crippen molar-refractivity contribution in [1.29, 1.82) is 0 Å². The molecule has 0 aliphatic rings. The Morgan fingerprint density at radius 3 is 1.36 bits per heavy atom. The lowest BCUT2D eigenvalue weighted by Gasteiger charge is -2.29. The van der Waals surface area contributed by atoms with Crippen LogP contribution in [0, 0.1) is 17.8 Å². The predicted molar refractivity (Wildman–Crippen MR) is 363 cm³/mol. The van der Waals surface area contributed by atoms with Crippen molar-refractivity contribution < 1.29 is 67.7 Å². The number of primary amides is 1. The zero-order valence-corrected chi connectivity index (χ0v) is 57.0. The minimum absolute atomic E-state index is 0.0511. The number of aromatic nitrogens is 1. The Morgan fingerprint density at radius 2 is 0.856 bits per heavy atom. The number of amides is 12. The van der Waals surface area contributed by atoms with Crippen LogP contribution in [0.3, 0.4) is 0 Å². The summed E-state index contributed by atoms with van der Waals surface area (Å²) in [7, 11) is 0. The molecule has 12 amide bonds. The molecule has 532 valence electrons. The molecule has 0 spiro atoms. The summed E-state index contributed by atoms with van der Waals surface area (Å²) in [6, 6.07) is 7.90. The number of carbonyl (C=O) groups is 12. The largest absolute Gasteiger partial charge is 0.508 e. The van der Waals surface area contributed by atoms with E-state index < -0.39 is 150 Å². The number of rotatable bonds is 40.